The van der Waals surface area contributed by atoms with E-state index in [4.69, 9.17) is 21.7 Å². The predicted molar refractivity (Wildman–Crippen MR) is 145 cm³/mol. The largest absolute Gasteiger partial charge is 0.492 e. The number of nitrogens with one attached hydrogen (secondary N) is 2. The molecule has 0 bridgehead atoms. The van der Waals surface area contributed by atoms with Crippen molar-refractivity contribution in [2.24, 2.45) is 0 Å². The average molecular weight is 542 g/mol. The SMILES string of the molecule is CCCCCCOc1ccc(C(=O)NC(=S)Nc2ccc(OCc3ccccc3)cc2)cc1Br. The Morgan fingerprint density at radius 3 is 2.41 bits per heavy atom. The number of halogens is 1. The van der Waals surface area contributed by atoms with Gasteiger partial charge in [0, 0.05) is 11.3 Å². The maximum atomic E-state index is 12.6. The van der Waals surface area contributed by atoms with Crippen LogP contribution < -0.4 is 20.1 Å². The van der Waals surface area contributed by atoms with E-state index < -0.39 is 0 Å². The van der Waals surface area contributed by atoms with E-state index in [1.807, 2.05) is 54.6 Å². The molecule has 0 unspecified atom stereocenters. The number of benzene rings is 3. The number of hydrogen-bond donors (Lipinski definition) is 2. The number of thiocarbonyl (C=S) groups is 1. The summed E-state index contributed by atoms with van der Waals surface area (Å²) in [5.41, 5.74) is 2.34. The second-order valence-electron chi connectivity index (χ2n) is 7.76. The van der Waals surface area contributed by atoms with Crippen LogP contribution in [0.2, 0.25) is 0 Å². The first-order valence-corrected chi connectivity index (χ1v) is 12.6. The van der Waals surface area contributed by atoms with Gasteiger partial charge in [0.05, 0.1) is 11.1 Å². The second kappa shape index (κ2) is 13.7. The van der Waals surface area contributed by atoms with E-state index in [0.717, 1.165) is 40.1 Å². The van der Waals surface area contributed by atoms with Gasteiger partial charge in [-0.2, -0.15) is 0 Å². The molecule has 0 aliphatic carbocycles. The Morgan fingerprint density at radius 1 is 0.941 bits per heavy atom. The molecule has 0 aromatic heterocycles. The van der Waals surface area contributed by atoms with Crippen molar-refractivity contribution in [3.8, 4) is 11.5 Å². The second-order valence-corrected chi connectivity index (χ2v) is 9.02. The van der Waals surface area contributed by atoms with Crippen molar-refractivity contribution in [1.29, 1.82) is 0 Å². The van der Waals surface area contributed by atoms with Gasteiger partial charge in [0.1, 0.15) is 18.1 Å². The summed E-state index contributed by atoms with van der Waals surface area (Å²) in [6.07, 6.45) is 4.58. The normalized spacial score (nSPS) is 10.4. The van der Waals surface area contributed by atoms with Crippen molar-refractivity contribution in [2.75, 3.05) is 11.9 Å². The smallest absolute Gasteiger partial charge is 0.257 e. The Kier molecular flexibility index (Phi) is 10.4. The van der Waals surface area contributed by atoms with E-state index >= 15 is 0 Å². The van der Waals surface area contributed by atoms with Crippen LogP contribution in [0.25, 0.3) is 0 Å². The fraction of sp³-hybridized carbons (Fsp3) is 0.259. The molecule has 3 aromatic carbocycles. The summed E-state index contributed by atoms with van der Waals surface area (Å²) in [7, 11) is 0. The quantitative estimate of drug-likeness (QED) is 0.200. The third kappa shape index (κ3) is 8.47. The van der Waals surface area contributed by atoms with Gasteiger partial charge >= 0.3 is 0 Å². The van der Waals surface area contributed by atoms with Crippen LogP contribution in [0.15, 0.2) is 77.3 Å². The Balaban J connectivity index is 1.45. The summed E-state index contributed by atoms with van der Waals surface area (Å²) in [6.45, 7) is 3.34. The molecule has 5 nitrogen and oxygen atoms in total. The monoisotopic (exact) mass is 540 g/mol. The van der Waals surface area contributed by atoms with E-state index in [2.05, 4.69) is 33.5 Å². The van der Waals surface area contributed by atoms with Crippen LogP contribution >= 0.6 is 28.1 Å². The van der Waals surface area contributed by atoms with Crippen molar-refractivity contribution in [2.45, 2.75) is 39.2 Å². The standard InChI is InChI=1S/C27H29BrN2O3S/c1-2-3-4-8-17-32-25-16-11-21(18-24(25)28)26(31)30-27(34)29-22-12-14-23(15-13-22)33-19-20-9-6-5-7-10-20/h5-7,9-16,18H,2-4,8,17,19H2,1H3,(H2,29,30,31,34). The van der Waals surface area contributed by atoms with Gasteiger partial charge in [0.15, 0.2) is 5.11 Å². The van der Waals surface area contributed by atoms with Gasteiger partial charge in [-0.15, -0.1) is 0 Å². The fourth-order valence-corrected chi connectivity index (χ4v) is 3.89. The van der Waals surface area contributed by atoms with Crippen LogP contribution in [0, 0.1) is 0 Å². The molecule has 3 rings (SSSR count). The summed E-state index contributed by atoms with van der Waals surface area (Å²) in [4.78, 5) is 12.6. The number of amides is 1. The first kappa shape index (κ1) is 25.7. The maximum Gasteiger partial charge on any atom is 0.257 e. The zero-order valence-corrected chi connectivity index (χ0v) is 21.6. The number of unbranched alkanes of at least 4 members (excludes halogenated alkanes) is 3. The third-order valence-electron chi connectivity index (χ3n) is 5.04. The van der Waals surface area contributed by atoms with Gasteiger partial charge in [-0.1, -0.05) is 56.5 Å². The van der Waals surface area contributed by atoms with Gasteiger partial charge < -0.3 is 14.8 Å². The molecule has 0 heterocycles. The molecule has 2 N–H and O–H groups in total. The predicted octanol–water partition coefficient (Wildman–Crippen LogP) is 7.11. The van der Waals surface area contributed by atoms with Gasteiger partial charge in [0.25, 0.3) is 5.91 Å². The average Bonchev–Trinajstić information content (AvgIpc) is 2.85. The Bertz CT molecular complexity index is 1070. The van der Waals surface area contributed by atoms with Gasteiger partial charge in [-0.05, 0) is 82.6 Å². The molecule has 0 radical (unpaired) electrons. The van der Waals surface area contributed by atoms with Gasteiger partial charge in [0.2, 0.25) is 0 Å². The van der Waals surface area contributed by atoms with Crippen LogP contribution in [-0.2, 0) is 6.61 Å². The topological polar surface area (TPSA) is 59.6 Å². The van der Waals surface area contributed by atoms with Crippen LogP contribution in [-0.4, -0.2) is 17.6 Å². The van der Waals surface area contributed by atoms with Gasteiger partial charge in [-0.3, -0.25) is 10.1 Å². The zero-order valence-electron chi connectivity index (χ0n) is 19.2. The molecule has 0 spiro atoms. The van der Waals surface area contributed by atoms with Crippen molar-refractivity contribution in [3.63, 3.8) is 0 Å². The number of anilines is 1. The highest BCUT2D eigenvalue weighted by atomic mass is 79.9. The van der Waals surface area contributed by atoms with Crippen LogP contribution in [0.5, 0.6) is 11.5 Å². The number of hydrogen-bond acceptors (Lipinski definition) is 4. The molecule has 178 valence electrons. The zero-order chi connectivity index (χ0) is 24.2. The highest BCUT2D eigenvalue weighted by Gasteiger charge is 2.11. The van der Waals surface area contributed by atoms with Crippen LogP contribution in [0.1, 0.15) is 48.5 Å². The first-order valence-electron chi connectivity index (χ1n) is 11.4. The summed E-state index contributed by atoms with van der Waals surface area (Å²) in [5, 5.41) is 5.95. The lowest BCUT2D eigenvalue weighted by Crippen LogP contribution is -2.34. The van der Waals surface area contributed by atoms with Crippen molar-refractivity contribution in [1.82, 2.24) is 5.32 Å². The molecule has 0 saturated carbocycles. The molecular weight excluding hydrogens is 512 g/mol. The minimum Gasteiger partial charge on any atom is -0.492 e. The highest BCUT2D eigenvalue weighted by Crippen LogP contribution is 2.26. The third-order valence-corrected chi connectivity index (χ3v) is 5.86. The van der Waals surface area contributed by atoms with E-state index in [9.17, 15) is 4.79 Å². The fourth-order valence-electron chi connectivity index (χ4n) is 3.18. The minimum atomic E-state index is -0.296. The minimum absolute atomic E-state index is 0.218. The Morgan fingerprint density at radius 2 is 1.71 bits per heavy atom. The summed E-state index contributed by atoms with van der Waals surface area (Å²) >= 11 is 8.79. The molecule has 3 aromatic rings. The molecule has 34 heavy (non-hydrogen) atoms. The summed E-state index contributed by atoms with van der Waals surface area (Å²) in [5.74, 6) is 1.18. The van der Waals surface area contributed by atoms with E-state index in [0.29, 0.717) is 18.8 Å². The van der Waals surface area contributed by atoms with Crippen molar-refractivity contribution in [3.05, 3.63) is 88.4 Å². The molecular formula is C27H29BrN2O3S. The van der Waals surface area contributed by atoms with E-state index in [1.54, 1.807) is 18.2 Å². The van der Waals surface area contributed by atoms with E-state index in [1.165, 1.54) is 12.8 Å². The molecule has 0 saturated heterocycles. The molecule has 0 aliphatic heterocycles. The lowest BCUT2D eigenvalue weighted by molar-refractivity contribution is 0.0977. The molecule has 0 fully saturated rings. The highest BCUT2D eigenvalue weighted by molar-refractivity contribution is 9.10. The lowest BCUT2D eigenvalue weighted by atomic mass is 10.2. The number of ether oxygens (including phenoxy) is 2. The van der Waals surface area contributed by atoms with Crippen molar-refractivity contribution < 1.29 is 14.3 Å². The van der Waals surface area contributed by atoms with Crippen LogP contribution in [0.3, 0.4) is 0 Å². The number of rotatable bonds is 11. The Hall–Kier alpha value is -2.90. The first-order chi connectivity index (χ1) is 16.5. The summed E-state index contributed by atoms with van der Waals surface area (Å²) in [6, 6.07) is 22.6. The van der Waals surface area contributed by atoms with Gasteiger partial charge in [-0.25, -0.2) is 0 Å². The van der Waals surface area contributed by atoms with Crippen LogP contribution in [0.4, 0.5) is 5.69 Å². The molecule has 7 heteroatoms. The number of carbonyl (C=O) groups excluding carboxylic acids is 1. The van der Waals surface area contributed by atoms with Crippen molar-refractivity contribution >= 4 is 44.9 Å². The molecule has 1 amide bonds. The molecule has 0 atom stereocenters. The Labute approximate surface area is 215 Å². The lowest BCUT2D eigenvalue weighted by Gasteiger charge is -2.12. The summed E-state index contributed by atoms with van der Waals surface area (Å²) < 4.78 is 12.3. The number of carbonyl (C=O) groups is 1. The van der Waals surface area contributed by atoms with E-state index in [-0.39, 0.29) is 11.0 Å². The maximum absolute atomic E-state index is 12.6. The molecule has 0 aliphatic rings.